The average molecular weight is 243 g/mol. The first kappa shape index (κ1) is 11.8. The molecule has 1 heterocycles. The predicted octanol–water partition coefficient (Wildman–Crippen LogP) is 4.00. The number of aryl methyl sites for hydroxylation is 1. The number of hydrogen-bond acceptors (Lipinski definition) is 1. The molecule has 1 aliphatic carbocycles. The van der Waals surface area contributed by atoms with E-state index in [0.717, 1.165) is 5.69 Å². The maximum Gasteiger partial charge on any atom is 0.232 e. The van der Waals surface area contributed by atoms with Gasteiger partial charge in [-0.3, -0.25) is 4.79 Å². The van der Waals surface area contributed by atoms with Crippen LogP contribution < -0.4 is 5.32 Å². The van der Waals surface area contributed by atoms with Gasteiger partial charge in [-0.15, -0.1) is 0 Å². The highest BCUT2D eigenvalue weighted by molar-refractivity contribution is 6.03. The Morgan fingerprint density at radius 1 is 1.11 bits per heavy atom. The van der Waals surface area contributed by atoms with E-state index in [9.17, 15) is 4.79 Å². The second-order valence-corrected chi connectivity index (χ2v) is 5.76. The number of nitrogens with one attached hydrogen (secondary N) is 1. The Balaban J connectivity index is 1.93. The number of anilines is 1. The van der Waals surface area contributed by atoms with Gasteiger partial charge in [0.1, 0.15) is 0 Å². The molecule has 96 valence electrons. The molecule has 1 amide bonds. The van der Waals surface area contributed by atoms with Crippen LogP contribution in [0.4, 0.5) is 5.69 Å². The average Bonchev–Trinajstić information content (AvgIpc) is 2.54. The fourth-order valence-corrected chi connectivity index (χ4v) is 3.57. The Bertz CT molecular complexity index is 458. The third-order valence-corrected chi connectivity index (χ3v) is 4.54. The number of fused-ring (bicyclic) bond motifs is 1. The first-order valence-corrected chi connectivity index (χ1v) is 7.18. The van der Waals surface area contributed by atoms with Crippen LogP contribution in [-0.2, 0) is 4.79 Å². The van der Waals surface area contributed by atoms with Crippen molar-refractivity contribution in [3.8, 4) is 0 Å². The Labute approximate surface area is 109 Å². The van der Waals surface area contributed by atoms with Crippen molar-refractivity contribution < 1.29 is 4.79 Å². The summed E-state index contributed by atoms with van der Waals surface area (Å²) in [4.78, 5) is 12.3. The van der Waals surface area contributed by atoms with Gasteiger partial charge in [0.15, 0.2) is 0 Å². The smallest absolute Gasteiger partial charge is 0.232 e. The van der Waals surface area contributed by atoms with Crippen LogP contribution in [0.1, 0.15) is 55.6 Å². The highest BCUT2D eigenvalue weighted by Crippen LogP contribution is 2.43. The monoisotopic (exact) mass is 243 g/mol. The van der Waals surface area contributed by atoms with Crippen molar-refractivity contribution in [3.05, 3.63) is 29.3 Å². The zero-order chi connectivity index (χ0) is 12.5. The fraction of sp³-hybridized carbons (Fsp3) is 0.562. The SMILES string of the molecule is Cc1cccc2c1NC(=O)C2C1CCCCCC1. The van der Waals surface area contributed by atoms with Gasteiger partial charge in [-0.2, -0.15) is 0 Å². The summed E-state index contributed by atoms with van der Waals surface area (Å²) in [7, 11) is 0. The van der Waals surface area contributed by atoms with Gasteiger partial charge in [0.25, 0.3) is 0 Å². The maximum atomic E-state index is 12.3. The minimum Gasteiger partial charge on any atom is -0.325 e. The molecule has 1 aromatic rings. The maximum absolute atomic E-state index is 12.3. The van der Waals surface area contributed by atoms with Gasteiger partial charge in [-0.05, 0) is 36.8 Å². The highest BCUT2D eigenvalue weighted by atomic mass is 16.2. The molecule has 0 spiro atoms. The van der Waals surface area contributed by atoms with Crippen molar-refractivity contribution >= 4 is 11.6 Å². The lowest BCUT2D eigenvalue weighted by Crippen LogP contribution is -2.20. The van der Waals surface area contributed by atoms with Gasteiger partial charge in [-0.1, -0.05) is 43.9 Å². The van der Waals surface area contributed by atoms with Crippen LogP contribution in [-0.4, -0.2) is 5.91 Å². The number of benzene rings is 1. The molecule has 1 fully saturated rings. The molecule has 18 heavy (non-hydrogen) atoms. The van der Waals surface area contributed by atoms with Gasteiger partial charge >= 0.3 is 0 Å². The molecule has 1 N–H and O–H groups in total. The van der Waals surface area contributed by atoms with E-state index in [-0.39, 0.29) is 11.8 Å². The Kier molecular flexibility index (Phi) is 3.11. The molecule has 0 aromatic heterocycles. The largest absolute Gasteiger partial charge is 0.325 e. The summed E-state index contributed by atoms with van der Waals surface area (Å²) in [6.07, 6.45) is 7.68. The van der Waals surface area contributed by atoms with Gasteiger partial charge in [-0.25, -0.2) is 0 Å². The van der Waals surface area contributed by atoms with Crippen molar-refractivity contribution in [1.82, 2.24) is 0 Å². The number of carbonyl (C=O) groups is 1. The van der Waals surface area contributed by atoms with Gasteiger partial charge in [0.2, 0.25) is 5.91 Å². The van der Waals surface area contributed by atoms with Crippen LogP contribution in [0.25, 0.3) is 0 Å². The first-order chi connectivity index (χ1) is 8.77. The minimum absolute atomic E-state index is 0.109. The number of hydrogen-bond donors (Lipinski definition) is 1. The van der Waals surface area contributed by atoms with E-state index < -0.39 is 0 Å². The molecule has 0 saturated heterocycles. The standard InChI is InChI=1S/C16H21NO/c1-11-7-6-10-13-14(16(18)17-15(11)13)12-8-4-2-3-5-9-12/h6-7,10,12,14H,2-5,8-9H2,1H3,(H,17,18). The topological polar surface area (TPSA) is 29.1 Å². The molecule has 2 nitrogen and oxygen atoms in total. The van der Waals surface area contributed by atoms with Gasteiger partial charge < -0.3 is 5.32 Å². The summed E-state index contributed by atoms with van der Waals surface area (Å²) in [6.45, 7) is 2.08. The van der Waals surface area contributed by atoms with E-state index in [1.54, 1.807) is 0 Å². The summed E-state index contributed by atoms with van der Waals surface area (Å²) in [5.41, 5.74) is 3.51. The molecule has 2 heteroatoms. The highest BCUT2D eigenvalue weighted by Gasteiger charge is 2.37. The summed E-state index contributed by atoms with van der Waals surface area (Å²) in [6, 6.07) is 6.29. The summed E-state index contributed by atoms with van der Waals surface area (Å²) >= 11 is 0. The Morgan fingerprint density at radius 3 is 2.56 bits per heavy atom. The lowest BCUT2D eigenvalue weighted by Gasteiger charge is -2.20. The van der Waals surface area contributed by atoms with Crippen LogP contribution in [0.15, 0.2) is 18.2 Å². The number of carbonyl (C=O) groups excluding carboxylic acids is 1. The molecule has 0 radical (unpaired) electrons. The van der Waals surface area contributed by atoms with Crippen LogP contribution in [0, 0.1) is 12.8 Å². The Morgan fingerprint density at radius 2 is 1.83 bits per heavy atom. The zero-order valence-corrected chi connectivity index (χ0v) is 11.0. The van der Waals surface area contributed by atoms with Crippen molar-refractivity contribution in [2.24, 2.45) is 5.92 Å². The molecule has 1 atom stereocenters. The van der Waals surface area contributed by atoms with E-state index in [2.05, 4.69) is 30.4 Å². The predicted molar refractivity (Wildman–Crippen MR) is 73.7 cm³/mol. The van der Waals surface area contributed by atoms with E-state index in [1.165, 1.54) is 49.7 Å². The second-order valence-electron chi connectivity index (χ2n) is 5.76. The lowest BCUT2D eigenvalue weighted by molar-refractivity contribution is -0.118. The quantitative estimate of drug-likeness (QED) is 0.742. The van der Waals surface area contributed by atoms with E-state index >= 15 is 0 Å². The Hall–Kier alpha value is -1.31. The van der Waals surface area contributed by atoms with Crippen LogP contribution >= 0.6 is 0 Å². The lowest BCUT2D eigenvalue weighted by atomic mass is 9.82. The third-order valence-electron chi connectivity index (χ3n) is 4.54. The van der Waals surface area contributed by atoms with Crippen LogP contribution in [0.5, 0.6) is 0 Å². The molecular formula is C16H21NO. The first-order valence-electron chi connectivity index (χ1n) is 7.18. The summed E-state index contributed by atoms with van der Waals surface area (Å²) in [5, 5.41) is 3.09. The number of para-hydroxylation sites is 1. The zero-order valence-electron chi connectivity index (χ0n) is 11.0. The molecule has 1 unspecified atom stereocenters. The van der Waals surface area contributed by atoms with E-state index in [1.807, 2.05) is 0 Å². The van der Waals surface area contributed by atoms with E-state index in [0.29, 0.717) is 5.92 Å². The third kappa shape index (κ3) is 1.94. The van der Waals surface area contributed by atoms with Crippen molar-refractivity contribution in [1.29, 1.82) is 0 Å². The number of amides is 1. The minimum atomic E-state index is 0.109. The van der Waals surface area contributed by atoms with Crippen molar-refractivity contribution in [3.63, 3.8) is 0 Å². The molecule has 3 rings (SSSR count). The van der Waals surface area contributed by atoms with Crippen molar-refractivity contribution in [2.45, 2.75) is 51.4 Å². The molecule has 1 aliphatic heterocycles. The molecule has 1 saturated carbocycles. The molecular weight excluding hydrogens is 222 g/mol. The van der Waals surface area contributed by atoms with E-state index in [4.69, 9.17) is 0 Å². The van der Waals surface area contributed by atoms with Crippen LogP contribution in [0.2, 0.25) is 0 Å². The summed E-state index contributed by atoms with van der Waals surface area (Å²) in [5.74, 6) is 0.889. The number of rotatable bonds is 1. The second kappa shape index (κ2) is 4.75. The molecule has 2 aliphatic rings. The fourth-order valence-electron chi connectivity index (χ4n) is 3.57. The van der Waals surface area contributed by atoms with Gasteiger partial charge in [0.05, 0.1) is 5.92 Å². The van der Waals surface area contributed by atoms with Crippen molar-refractivity contribution in [2.75, 3.05) is 5.32 Å². The normalized spacial score (nSPS) is 24.5. The molecule has 0 bridgehead atoms. The van der Waals surface area contributed by atoms with Crippen LogP contribution in [0.3, 0.4) is 0 Å². The van der Waals surface area contributed by atoms with Gasteiger partial charge in [0, 0.05) is 5.69 Å². The molecule has 1 aromatic carbocycles. The summed E-state index contributed by atoms with van der Waals surface area (Å²) < 4.78 is 0.